The van der Waals surface area contributed by atoms with Gasteiger partial charge < -0.3 is 9.84 Å². The standard InChI is InChI=1S/C15H15NO2/c1-2-14(17)13-8-9-15(16-10-13)18-11-12-6-4-3-5-7-12/h2-10,14,17H,1,11H2. The molecule has 0 aliphatic rings. The molecule has 2 rings (SSSR count). The zero-order valence-electron chi connectivity index (χ0n) is 9.99. The molecule has 1 aromatic carbocycles. The molecule has 1 unspecified atom stereocenters. The molecule has 1 atom stereocenters. The lowest BCUT2D eigenvalue weighted by Gasteiger charge is -2.07. The van der Waals surface area contributed by atoms with Crippen molar-refractivity contribution in [2.24, 2.45) is 0 Å². The van der Waals surface area contributed by atoms with E-state index in [1.165, 1.54) is 6.08 Å². The predicted octanol–water partition coefficient (Wildman–Crippen LogP) is 2.88. The Balaban J connectivity index is 1.96. The van der Waals surface area contributed by atoms with Crippen LogP contribution in [-0.4, -0.2) is 10.1 Å². The van der Waals surface area contributed by atoms with Gasteiger partial charge in [-0.3, -0.25) is 0 Å². The largest absolute Gasteiger partial charge is 0.473 e. The van der Waals surface area contributed by atoms with E-state index in [1.807, 2.05) is 30.3 Å². The summed E-state index contributed by atoms with van der Waals surface area (Å²) in [6, 6.07) is 13.4. The third-order valence-corrected chi connectivity index (χ3v) is 2.55. The topological polar surface area (TPSA) is 42.4 Å². The van der Waals surface area contributed by atoms with Crippen molar-refractivity contribution < 1.29 is 9.84 Å². The molecular formula is C15H15NO2. The molecule has 0 aliphatic heterocycles. The molecular weight excluding hydrogens is 226 g/mol. The van der Waals surface area contributed by atoms with Gasteiger partial charge in [-0.25, -0.2) is 4.98 Å². The normalized spacial score (nSPS) is 11.8. The van der Waals surface area contributed by atoms with Gasteiger partial charge in [-0.1, -0.05) is 36.4 Å². The average Bonchev–Trinajstić information content (AvgIpc) is 2.46. The zero-order chi connectivity index (χ0) is 12.8. The summed E-state index contributed by atoms with van der Waals surface area (Å²) in [5.74, 6) is 0.541. The number of benzene rings is 1. The van der Waals surface area contributed by atoms with Crippen LogP contribution < -0.4 is 4.74 Å². The van der Waals surface area contributed by atoms with E-state index in [1.54, 1.807) is 18.3 Å². The molecule has 92 valence electrons. The van der Waals surface area contributed by atoms with Crippen molar-refractivity contribution in [1.29, 1.82) is 0 Å². The quantitative estimate of drug-likeness (QED) is 0.818. The number of hydrogen-bond acceptors (Lipinski definition) is 3. The van der Waals surface area contributed by atoms with E-state index in [0.29, 0.717) is 18.1 Å². The van der Waals surface area contributed by atoms with E-state index in [4.69, 9.17) is 4.74 Å². The van der Waals surface area contributed by atoms with Crippen molar-refractivity contribution in [2.45, 2.75) is 12.7 Å². The maximum atomic E-state index is 9.53. The Morgan fingerprint density at radius 2 is 2.00 bits per heavy atom. The predicted molar refractivity (Wildman–Crippen MR) is 70.2 cm³/mol. The molecule has 0 bridgehead atoms. The smallest absolute Gasteiger partial charge is 0.213 e. The summed E-state index contributed by atoms with van der Waals surface area (Å²) in [6.45, 7) is 4.01. The molecule has 0 spiro atoms. The second-order valence-corrected chi connectivity index (χ2v) is 3.88. The van der Waals surface area contributed by atoms with Crippen LogP contribution in [0.5, 0.6) is 5.88 Å². The summed E-state index contributed by atoms with van der Waals surface area (Å²) < 4.78 is 5.54. The Morgan fingerprint density at radius 1 is 1.22 bits per heavy atom. The van der Waals surface area contributed by atoms with Crippen LogP contribution in [0.1, 0.15) is 17.2 Å². The number of hydrogen-bond donors (Lipinski definition) is 1. The van der Waals surface area contributed by atoms with Gasteiger partial charge in [0.05, 0.1) is 6.10 Å². The van der Waals surface area contributed by atoms with Gasteiger partial charge in [0.15, 0.2) is 0 Å². The second-order valence-electron chi connectivity index (χ2n) is 3.88. The van der Waals surface area contributed by atoms with Crippen LogP contribution in [0.4, 0.5) is 0 Å². The van der Waals surface area contributed by atoms with Crippen LogP contribution in [0.15, 0.2) is 61.3 Å². The Bertz CT molecular complexity index is 494. The molecule has 0 radical (unpaired) electrons. The lowest BCUT2D eigenvalue weighted by atomic mass is 10.2. The Hall–Kier alpha value is -2.13. The highest BCUT2D eigenvalue weighted by Gasteiger charge is 2.03. The molecule has 0 fully saturated rings. The minimum absolute atomic E-state index is 0.483. The van der Waals surface area contributed by atoms with Crippen molar-refractivity contribution in [3.8, 4) is 5.88 Å². The number of ether oxygens (including phenoxy) is 1. The first-order chi connectivity index (χ1) is 8.79. The highest BCUT2D eigenvalue weighted by molar-refractivity contribution is 5.22. The van der Waals surface area contributed by atoms with E-state index in [2.05, 4.69) is 11.6 Å². The van der Waals surface area contributed by atoms with E-state index in [9.17, 15) is 5.11 Å². The molecule has 0 aliphatic carbocycles. The molecule has 0 saturated heterocycles. The SMILES string of the molecule is C=CC(O)c1ccc(OCc2ccccc2)nc1. The number of pyridine rings is 1. The van der Waals surface area contributed by atoms with E-state index in [0.717, 1.165) is 5.56 Å². The summed E-state index contributed by atoms with van der Waals surface area (Å²) >= 11 is 0. The number of rotatable bonds is 5. The Labute approximate surface area is 106 Å². The lowest BCUT2D eigenvalue weighted by molar-refractivity contribution is 0.228. The number of aliphatic hydroxyl groups excluding tert-OH is 1. The molecule has 18 heavy (non-hydrogen) atoms. The fourth-order valence-corrected chi connectivity index (χ4v) is 1.52. The molecule has 0 saturated carbocycles. The minimum atomic E-state index is -0.680. The van der Waals surface area contributed by atoms with Gasteiger partial charge in [0.2, 0.25) is 5.88 Å². The van der Waals surface area contributed by atoms with Crippen LogP contribution >= 0.6 is 0 Å². The van der Waals surface area contributed by atoms with Crippen LogP contribution in [-0.2, 0) is 6.61 Å². The number of aromatic nitrogens is 1. The van der Waals surface area contributed by atoms with E-state index < -0.39 is 6.10 Å². The summed E-state index contributed by atoms with van der Waals surface area (Å²) in [6.07, 6.45) is 2.37. The van der Waals surface area contributed by atoms with Gasteiger partial charge >= 0.3 is 0 Å². The maximum absolute atomic E-state index is 9.53. The Morgan fingerprint density at radius 3 is 2.61 bits per heavy atom. The van der Waals surface area contributed by atoms with Crippen LogP contribution in [0.25, 0.3) is 0 Å². The van der Waals surface area contributed by atoms with Gasteiger partial charge in [0.1, 0.15) is 6.61 Å². The monoisotopic (exact) mass is 241 g/mol. The number of aliphatic hydroxyl groups is 1. The lowest BCUT2D eigenvalue weighted by Crippen LogP contribution is -1.98. The average molecular weight is 241 g/mol. The van der Waals surface area contributed by atoms with Crippen molar-refractivity contribution in [3.05, 3.63) is 72.4 Å². The van der Waals surface area contributed by atoms with Crippen molar-refractivity contribution in [2.75, 3.05) is 0 Å². The summed E-state index contributed by atoms with van der Waals surface area (Å²) in [5.41, 5.74) is 1.80. The molecule has 1 aromatic heterocycles. The molecule has 2 aromatic rings. The van der Waals surface area contributed by atoms with Crippen molar-refractivity contribution >= 4 is 0 Å². The summed E-state index contributed by atoms with van der Waals surface area (Å²) in [7, 11) is 0. The fourth-order valence-electron chi connectivity index (χ4n) is 1.52. The van der Waals surface area contributed by atoms with Crippen LogP contribution in [0, 0.1) is 0 Å². The summed E-state index contributed by atoms with van der Waals surface area (Å²) in [4.78, 5) is 4.13. The molecule has 1 N–H and O–H groups in total. The zero-order valence-corrected chi connectivity index (χ0v) is 9.99. The van der Waals surface area contributed by atoms with Gasteiger partial charge in [-0.2, -0.15) is 0 Å². The molecule has 0 amide bonds. The first-order valence-corrected chi connectivity index (χ1v) is 5.73. The highest BCUT2D eigenvalue weighted by atomic mass is 16.5. The second kappa shape index (κ2) is 5.98. The molecule has 1 heterocycles. The fraction of sp³-hybridized carbons (Fsp3) is 0.133. The first-order valence-electron chi connectivity index (χ1n) is 5.73. The third kappa shape index (κ3) is 3.18. The van der Waals surface area contributed by atoms with Gasteiger partial charge in [-0.15, -0.1) is 6.58 Å². The highest BCUT2D eigenvalue weighted by Crippen LogP contribution is 2.16. The Kier molecular flexibility index (Phi) is 4.10. The van der Waals surface area contributed by atoms with Gasteiger partial charge in [-0.05, 0) is 11.6 Å². The number of nitrogens with zero attached hydrogens (tertiary/aromatic N) is 1. The maximum Gasteiger partial charge on any atom is 0.213 e. The van der Waals surface area contributed by atoms with Gasteiger partial charge in [0, 0.05) is 17.8 Å². The van der Waals surface area contributed by atoms with Crippen molar-refractivity contribution in [3.63, 3.8) is 0 Å². The first kappa shape index (κ1) is 12.3. The van der Waals surface area contributed by atoms with E-state index >= 15 is 0 Å². The summed E-state index contributed by atoms with van der Waals surface area (Å²) in [5, 5.41) is 9.53. The van der Waals surface area contributed by atoms with Gasteiger partial charge in [0.25, 0.3) is 0 Å². The van der Waals surface area contributed by atoms with Crippen LogP contribution in [0.3, 0.4) is 0 Å². The minimum Gasteiger partial charge on any atom is -0.473 e. The van der Waals surface area contributed by atoms with Crippen molar-refractivity contribution in [1.82, 2.24) is 4.98 Å². The molecule has 3 nitrogen and oxygen atoms in total. The third-order valence-electron chi connectivity index (χ3n) is 2.55. The van der Waals surface area contributed by atoms with E-state index in [-0.39, 0.29) is 0 Å². The molecule has 3 heteroatoms. The van der Waals surface area contributed by atoms with Crippen LogP contribution in [0.2, 0.25) is 0 Å².